The molecule has 0 saturated heterocycles. The molecule has 18 heavy (non-hydrogen) atoms. The highest BCUT2D eigenvalue weighted by atomic mass is 35.5. The van der Waals surface area contributed by atoms with Crippen LogP contribution in [0.1, 0.15) is 18.4 Å². The first-order chi connectivity index (χ1) is 8.15. The molecule has 1 saturated carbocycles. The molecule has 0 aliphatic heterocycles. The molecule has 1 aromatic carbocycles. The van der Waals surface area contributed by atoms with E-state index in [-0.39, 0.29) is 18.3 Å². The zero-order valence-electron chi connectivity index (χ0n) is 10.3. The van der Waals surface area contributed by atoms with E-state index < -0.39 is 0 Å². The normalized spacial score (nSPS) is 13.9. The molecular formula is C13H18Cl2N2O. The first-order valence-corrected chi connectivity index (χ1v) is 6.29. The topological polar surface area (TPSA) is 41.1 Å². The third-order valence-electron chi connectivity index (χ3n) is 2.81. The summed E-state index contributed by atoms with van der Waals surface area (Å²) < 4.78 is 0. The fourth-order valence-corrected chi connectivity index (χ4v) is 1.81. The zero-order chi connectivity index (χ0) is 12.3. The summed E-state index contributed by atoms with van der Waals surface area (Å²) in [7, 11) is 0. The summed E-state index contributed by atoms with van der Waals surface area (Å²) >= 11 is 6.00. The highest BCUT2D eigenvalue weighted by molar-refractivity contribution is 6.33. The van der Waals surface area contributed by atoms with Crippen LogP contribution < -0.4 is 10.6 Å². The minimum Gasteiger partial charge on any atom is -0.324 e. The van der Waals surface area contributed by atoms with E-state index in [2.05, 4.69) is 10.6 Å². The second kappa shape index (κ2) is 6.98. The van der Waals surface area contributed by atoms with Gasteiger partial charge < -0.3 is 10.6 Å². The summed E-state index contributed by atoms with van der Waals surface area (Å²) in [5.41, 5.74) is 1.76. The number of hydrogen-bond donors (Lipinski definition) is 2. The average molecular weight is 289 g/mol. The first kappa shape index (κ1) is 15.3. The fourth-order valence-electron chi connectivity index (χ4n) is 1.64. The molecule has 1 aliphatic carbocycles. The number of amides is 1. The minimum atomic E-state index is -0.0434. The van der Waals surface area contributed by atoms with Crippen LogP contribution in [0.2, 0.25) is 5.02 Å². The van der Waals surface area contributed by atoms with E-state index in [0.717, 1.165) is 18.0 Å². The van der Waals surface area contributed by atoms with Crippen molar-refractivity contribution in [3.8, 4) is 0 Å². The lowest BCUT2D eigenvalue weighted by Gasteiger charge is -2.08. The Balaban J connectivity index is 0.00000162. The number of carbonyl (C=O) groups is 1. The van der Waals surface area contributed by atoms with E-state index in [4.69, 9.17) is 11.6 Å². The van der Waals surface area contributed by atoms with Gasteiger partial charge in [-0.1, -0.05) is 17.7 Å². The predicted octanol–water partition coefficient (Wildman–Crippen LogP) is 3.01. The largest absolute Gasteiger partial charge is 0.324 e. The van der Waals surface area contributed by atoms with E-state index in [1.54, 1.807) is 6.07 Å². The highest BCUT2D eigenvalue weighted by Crippen LogP contribution is 2.27. The maximum atomic E-state index is 11.6. The zero-order valence-corrected chi connectivity index (χ0v) is 11.9. The molecule has 1 fully saturated rings. The van der Waals surface area contributed by atoms with Gasteiger partial charge >= 0.3 is 0 Å². The van der Waals surface area contributed by atoms with Crippen LogP contribution in [0, 0.1) is 12.8 Å². The van der Waals surface area contributed by atoms with Crippen molar-refractivity contribution < 1.29 is 4.79 Å². The van der Waals surface area contributed by atoms with Crippen molar-refractivity contribution in [2.24, 2.45) is 5.92 Å². The molecule has 0 heterocycles. The van der Waals surface area contributed by atoms with E-state index >= 15 is 0 Å². The highest BCUT2D eigenvalue weighted by Gasteiger charge is 2.20. The molecule has 0 unspecified atom stereocenters. The molecule has 3 nitrogen and oxygen atoms in total. The number of benzene rings is 1. The number of halogens is 2. The van der Waals surface area contributed by atoms with Gasteiger partial charge in [0.1, 0.15) is 0 Å². The molecule has 0 radical (unpaired) electrons. The third-order valence-corrected chi connectivity index (χ3v) is 3.14. The molecular weight excluding hydrogens is 271 g/mol. The van der Waals surface area contributed by atoms with Crippen molar-refractivity contribution in [2.45, 2.75) is 19.8 Å². The lowest BCUT2D eigenvalue weighted by molar-refractivity contribution is -0.115. The van der Waals surface area contributed by atoms with Crippen LogP contribution in [0.3, 0.4) is 0 Å². The van der Waals surface area contributed by atoms with Crippen LogP contribution in [0.4, 0.5) is 5.69 Å². The maximum Gasteiger partial charge on any atom is 0.238 e. The van der Waals surface area contributed by atoms with Crippen LogP contribution in [-0.2, 0) is 4.79 Å². The van der Waals surface area contributed by atoms with Gasteiger partial charge in [0.15, 0.2) is 0 Å². The van der Waals surface area contributed by atoms with E-state index in [9.17, 15) is 4.79 Å². The molecule has 1 aromatic rings. The molecule has 0 bridgehead atoms. The van der Waals surface area contributed by atoms with Crippen LogP contribution in [-0.4, -0.2) is 19.0 Å². The Hall–Kier alpha value is -0.770. The van der Waals surface area contributed by atoms with Gasteiger partial charge in [0.25, 0.3) is 0 Å². The summed E-state index contributed by atoms with van der Waals surface area (Å²) in [6.07, 6.45) is 2.58. The number of hydrogen-bond acceptors (Lipinski definition) is 2. The van der Waals surface area contributed by atoms with Gasteiger partial charge in [0.2, 0.25) is 5.91 Å². The number of carbonyl (C=O) groups excluding carboxylic acids is 1. The number of rotatable bonds is 5. The second-order valence-corrected chi connectivity index (χ2v) is 5.01. The van der Waals surface area contributed by atoms with Crippen molar-refractivity contribution in [1.82, 2.24) is 5.32 Å². The van der Waals surface area contributed by atoms with Crippen molar-refractivity contribution in [3.05, 3.63) is 28.8 Å². The first-order valence-electron chi connectivity index (χ1n) is 5.92. The summed E-state index contributed by atoms with van der Waals surface area (Å²) in [6.45, 7) is 3.26. The number of aryl methyl sites for hydroxylation is 1. The van der Waals surface area contributed by atoms with Crippen LogP contribution in [0.25, 0.3) is 0 Å². The van der Waals surface area contributed by atoms with E-state index in [1.165, 1.54) is 12.8 Å². The SMILES string of the molecule is Cc1ccc(Cl)c(NC(=O)CNCC2CC2)c1.Cl. The molecule has 1 aliphatic rings. The van der Waals surface area contributed by atoms with Gasteiger partial charge in [-0.25, -0.2) is 0 Å². The molecule has 5 heteroatoms. The standard InChI is InChI=1S/C13H17ClN2O.ClH/c1-9-2-5-11(14)12(6-9)16-13(17)8-15-7-10-3-4-10;/h2,5-6,10,15H,3-4,7-8H2,1H3,(H,16,17);1H. The quantitative estimate of drug-likeness (QED) is 0.875. The minimum absolute atomic E-state index is 0. The van der Waals surface area contributed by atoms with Crippen molar-refractivity contribution in [3.63, 3.8) is 0 Å². The molecule has 2 rings (SSSR count). The molecule has 1 amide bonds. The lowest BCUT2D eigenvalue weighted by Crippen LogP contribution is -2.29. The Morgan fingerprint density at radius 3 is 2.83 bits per heavy atom. The molecule has 100 valence electrons. The van der Waals surface area contributed by atoms with E-state index in [0.29, 0.717) is 17.3 Å². The van der Waals surface area contributed by atoms with Gasteiger partial charge in [-0.05, 0) is 49.9 Å². The van der Waals surface area contributed by atoms with E-state index in [1.807, 2.05) is 19.1 Å². The predicted molar refractivity (Wildman–Crippen MR) is 77.7 cm³/mol. The molecule has 0 atom stereocenters. The average Bonchev–Trinajstić information content (AvgIpc) is 3.07. The molecule has 0 spiro atoms. The monoisotopic (exact) mass is 288 g/mol. The van der Waals surface area contributed by atoms with Crippen LogP contribution in [0.15, 0.2) is 18.2 Å². The number of nitrogens with one attached hydrogen (secondary N) is 2. The van der Waals surface area contributed by atoms with Crippen molar-refractivity contribution >= 4 is 35.6 Å². The third kappa shape index (κ3) is 4.84. The Labute approximate surface area is 119 Å². The smallest absolute Gasteiger partial charge is 0.238 e. The van der Waals surface area contributed by atoms with Gasteiger partial charge in [-0.15, -0.1) is 12.4 Å². The Morgan fingerprint density at radius 2 is 2.17 bits per heavy atom. The van der Waals surface area contributed by atoms with Crippen LogP contribution >= 0.6 is 24.0 Å². The van der Waals surface area contributed by atoms with Crippen LogP contribution in [0.5, 0.6) is 0 Å². The van der Waals surface area contributed by atoms with Gasteiger partial charge in [0.05, 0.1) is 17.3 Å². The summed E-state index contributed by atoms with van der Waals surface area (Å²) in [5, 5.41) is 6.53. The lowest BCUT2D eigenvalue weighted by atomic mass is 10.2. The Bertz CT molecular complexity index is 419. The summed E-state index contributed by atoms with van der Waals surface area (Å²) in [6, 6.07) is 5.59. The second-order valence-electron chi connectivity index (χ2n) is 4.61. The van der Waals surface area contributed by atoms with Gasteiger partial charge in [-0.2, -0.15) is 0 Å². The van der Waals surface area contributed by atoms with Crippen molar-refractivity contribution in [1.29, 1.82) is 0 Å². The fraction of sp³-hybridized carbons (Fsp3) is 0.462. The summed E-state index contributed by atoms with van der Waals surface area (Å²) in [4.78, 5) is 11.6. The Morgan fingerprint density at radius 1 is 1.44 bits per heavy atom. The Kier molecular flexibility index (Phi) is 5.93. The van der Waals surface area contributed by atoms with Crippen molar-refractivity contribution in [2.75, 3.05) is 18.4 Å². The van der Waals surface area contributed by atoms with Gasteiger partial charge in [-0.3, -0.25) is 4.79 Å². The molecule has 2 N–H and O–H groups in total. The number of anilines is 1. The van der Waals surface area contributed by atoms with Gasteiger partial charge in [0, 0.05) is 0 Å². The maximum absolute atomic E-state index is 11.6. The molecule has 0 aromatic heterocycles. The summed E-state index contributed by atoms with van der Waals surface area (Å²) in [5.74, 6) is 0.739.